The molecule has 0 spiro atoms. The van der Waals surface area contributed by atoms with Crippen LogP contribution >= 0.6 is 0 Å². The third-order valence-corrected chi connectivity index (χ3v) is 3.75. The van der Waals surface area contributed by atoms with Gasteiger partial charge in [-0.15, -0.1) is 0 Å². The molecule has 2 aliphatic rings. The molecule has 3 amide bonds. The SMILES string of the molecule is O=C1CNC(=O)N1C1CCN(c2ncccc2F)CC1. The number of carbonyl (C=O) groups is 2. The summed E-state index contributed by atoms with van der Waals surface area (Å²) in [5.41, 5.74) is 0. The van der Waals surface area contributed by atoms with Crippen molar-refractivity contribution < 1.29 is 14.0 Å². The number of halogens is 1. The fourth-order valence-corrected chi connectivity index (χ4v) is 2.75. The molecule has 1 aromatic rings. The van der Waals surface area contributed by atoms with E-state index in [2.05, 4.69) is 10.3 Å². The molecule has 2 fully saturated rings. The molecule has 0 radical (unpaired) electrons. The van der Waals surface area contributed by atoms with Crippen molar-refractivity contribution in [1.82, 2.24) is 15.2 Å². The molecule has 0 unspecified atom stereocenters. The smallest absolute Gasteiger partial charge is 0.324 e. The zero-order chi connectivity index (χ0) is 14.1. The minimum atomic E-state index is -0.346. The highest BCUT2D eigenvalue weighted by atomic mass is 19.1. The van der Waals surface area contributed by atoms with Crippen molar-refractivity contribution in [2.75, 3.05) is 24.5 Å². The van der Waals surface area contributed by atoms with Crippen molar-refractivity contribution in [1.29, 1.82) is 0 Å². The molecule has 6 nitrogen and oxygen atoms in total. The van der Waals surface area contributed by atoms with Gasteiger partial charge in [-0.1, -0.05) is 0 Å². The van der Waals surface area contributed by atoms with Crippen LogP contribution in [0.4, 0.5) is 15.0 Å². The zero-order valence-electron chi connectivity index (χ0n) is 10.9. The minimum absolute atomic E-state index is 0.0773. The average Bonchev–Trinajstić information content (AvgIpc) is 2.79. The average molecular weight is 278 g/mol. The monoisotopic (exact) mass is 278 g/mol. The maximum atomic E-state index is 13.7. The van der Waals surface area contributed by atoms with Gasteiger partial charge >= 0.3 is 6.03 Å². The van der Waals surface area contributed by atoms with Crippen molar-refractivity contribution in [2.24, 2.45) is 0 Å². The van der Waals surface area contributed by atoms with Gasteiger partial charge < -0.3 is 10.2 Å². The zero-order valence-corrected chi connectivity index (χ0v) is 10.9. The van der Waals surface area contributed by atoms with E-state index in [0.717, 1.165) is 0 Å². The van der Waals surface area contributed by atoms with Crippen LogP contribution in [0.2, 0.25) is 0 Å². The number of amides is 3. The Morgan fingerprint density at radius 1 is 1.30 bits per heavy atom. The third kappa shape index (κ3) is 2.19. The molecule has 2 aliphatic heterocycles. The molecule has 1 aromatic heterocycles. The lowest BCUT2D eigenvalue weighted by atomic mass is 10.0. The number of pyridine rings is 1. The highest BCUT2D eigenvalue weighted by molar-refractivity contribution is 6.02. The summed E-state index contributed by atoms with van der Waals surface area (Å²) in [6, 6.07) is 2.51. The number of urea groups is 1. The predicted octanol–water partition coefficient (Wildman–Crippen LogP) is 0.741. The standard InChI is InChI=1S/C13H15FN4O2/c14-10-2-1-5-15-12(10)17-6-3-9(4-7-17)18-11(19)8-16-13(18)20/h1-2,5,9H,3-4,6-8H2,(H,16,20). The summed E-state index contributed by atoms with van der Waals surface area (Å²) in [5.74, 6) is -0.193. The number of piperidine rings is 1. The maximum absolute atomic E-state index is 13.7. The first kappa shape index (κ1) is 12.8. The van der Waals surface area contributed by atoms with E-state index in [0.29, 0.717) is 31.7 Å². The first-order valence-electron chi connectivity index (χ1n) is 6.62. The largest absolute Gasteiger partial charge is 0.354 e. The van der Waals surface area contributed by atoms with Gasteiger partial charge in [-0.05, 0) is 25.0 Å². The van der Waals surface area contributed by atoms with Gasteiger partial charge in [0.15, 0.2) is 11.6 Å². The lowest BCUT2D eigenvalue weighted by molar-refractivity contribution is -0.126. The number of carbonyl (C=O) groups excluding carboxylic acids is 2. The molecule has 0 bridgehead atoms. The summed E-state index contributed by atoms with van der Waals surface area (Å²) in [4.78, 5) is 30.4. The van der Waals surface area contributed by atoms with Gasteiger partial charge in [-0.2, -0.15) is 0 Å². The molecule has 0 aromatic carbocycles. The van der Waals surface area contributed by atoms with E-state index >= 15 is 0 Å². The lowest BCUT2D eigenvalue weighted by Gasteiger charge is -2.35. The van der Waals surface area contributed by atoms with Gasteiger partial charge in [-0.25, -0.2) is 14.2 Å². The Morgan fingerprint density at radius 2 is 2.05 bits per heavy atom. The molecular weight excluding hydrogens is 263 g/mol. The minimum Gasteiger partial charge on any atom is -0.354 e. The van der Waals surface area contributed by atoms with Crippen LogP contribution in [0.1, 0.15) is 12.8 Å². The number of aromatic nitrogens is 1. The summed E-state index contributed by atoms with van der Waals surface area (Å²) in [6.45, 7) is 1.24. The van der Waals surface area contributed by atoms with Crippen LogP contribution in [0.25, 0.3) is 0 Å². The number of hydrogen-bond acceptors (Lipinski definition) is 4. The fourth-order valence-electron chi connectivity index (χ4n) is 2.75. The molecular formula is C13H15FN4O2. The molecule has 7 heteroatoms. The van der Waals surface area contributed by atoms with E-state index < -0.39 is 0 Å². The highest BCUT2D eigenvalue weighted by Gasteiger charge is 2.36. The maximum Gasteiger partial charge on any atom is 0.324 e. The van der Waals surface area contributed by atoms with E-state index in [1.807, 2.05) is 4.90 Å². The van der Waals surface area contributed by atoms with Crippen LogP contribution in [0.5, 0.6) is 0 Å². The number of imide groups is 1. The molecule has 0 aliphatic carbocycles. The molecule has 3 rings (SSSR count). The van der Waals surface area contributed by atoms with Gasteiger partial charge in [0.05, 0.1) is 6.54 Å². The van der Waals surface area contributed by atoms with Crippen LogP contribution in [0, 0.1) is 5.82 Å². The summed E-state index contributed by atoms with van der Waals surface area (Å²) < 4.78 is 13.7. The second-order valence-electron chi connectivity index (χ2n) is 4.95. The Kier molecular flexibility index (Phi) is 3.25. The van der Waals surface area contributed by atoms with Crippen LogP contribution < -0.4 is 10.2 Å². The number of rotatable bonds is 2. The summed E-state index contributed by atoms with van der Waals surface area (Å²) >= 11 is 0. The van der Waals surface area contributed by atoms with Crippen LogP contribution in [-0.2, 0) is 4.79 Å². The normalized spacial score (nSPS) is 20.4. The van der Waals surface area contributed by atoms with Gasteiger partial charge in [0.2, 0.25) is 5.91 Å². The van der Waals surface area contributed by atoms with Crippen molar-refractivity contribution in [2.45, 2.75) is 18.9 Å². The van der Waals surface area contributed by atoms with Gasteiger partial charge in [-0.3, -0.25) is 9.69 Å². The van der Waals surface area contributed by atoms with Crippen molar-refractivity contribution >= 4 is 17.8 Å². The van der Waals surface area contributed by atoms with E-state index in [1.165, 1.54) is 11.0 Å². The predicted molar refractivity (Wildman–Crippen MR) is 69.7 cm³/mol. The van der Waals surface area contributed by atoms with E-state index in [9.17, 15) is 14.0 Å². The van der Waals surface area contributed by atoms with E-state index in [1.54, 1.807) is 12.3 Å². The summed E-state index contributed by atoms with van der Waals surface area (Å²) in [5, 5.41) is 2.52. The molecule has 2 saturated heterocycles. The van der Waals surface area contributed by atoms with Crippen LogP contribution in [0.3, 0.4) is 0 Å². The second kappa shape index (κ2) is 5.07. The van der Waals surface area contributed by atoms with Gasteiger partial charge in [0.1, 0.15) is 0 Å². The number of nitrogens with one attached hydrogen (secondary N) is 1. The lowest BCUT2D eigenvalue weighted by Crippen LogP contribution is -2.48. The molecule has 1 N–H and O–H groups in total. The Bertz CT molecular complexity index is 527. The molecule has 0 saturated carbocycles. The summed E-state index contributed by atoms with van der Waals surface area (Å²) in [6.07, 6.45) is 2.83. The summed E-state index contributed by atoms with van der Waals surface area (Å²) in [7, 11) is 0. The number of nitrogens with zero attached hydrogens (tertiary/aromatic N) is 3. The van der Waals surface area contributed by atoms with Crippen molar-refractivity contribution in [3.05, 3.63) is 24.1 Å². The first-order valence-corrected chi connectivity index (χ1v) is 6.62. The molecule has 3 heterocycles. The number of anilines is 1. The Morgan fingerprint density at radius 3 is 2.65 bits per heavy atom. The van der Waals surface area contributed by atoms with Crippen molar-refractivity contribution in [3.63, 3.8) is 0 Å². The Balaban J connectivity index is 1.67. The second-order valence-corrected chi connectivity index (χ2v) is 4.95. The van der Waals surface area contributed by atoms with Crippen LogP contribution in [-0.4, -0.2) is 47.5 Å². The topological polar surface area (TPSA) is 65.5 Å². The molecule has 0 atom stereocenters. The van der Waals surface area contributed by atoms with Gasteiger partial charge in [0, 0.05) is 25.3 Å². The fraction of sp³-hybridized carbons (Fsp3) is 0.462. The van der Waals surface area contributed by atoms with Crippen LogP contribution in [0.15, 0.2) is 18.3 Å². The van der Waals surface area contributed by atoms with E-state index in [-0.39, 0.29) is 30.3 Å². The molecule has 106 valence electrons. The number of hydrogen-bond donors (Lipinski definition) is 1. The highest BCUT2D eigenvalue weighted by Crippen LogP contribution is 2.24. The Labute approximate surface area is 115 Å². The third-order valence-electron chi connectivity index (χ3n) is 3.75. The van der Waals surface area contributed by atoms with E-state index in [4.69, 9.17) is 0 Å². The molecule has 20 heavy (non-hydrogen) atoms. The Hall–Kier alpha value is -2.18. The van der Waals surface area contributed by atoms with Crippen molar-refractivity contribution in [3.8, 4) is 0 Å². The van der Waals surface area contributed by atoms with Gasteiger partial charge in [0.25, 0.3) is 0 Å². The quantitative estimate of drug-likeness (QED) is 0.810. The first-order chi connectivity index (χ1) is 9.66.